The maximum absolute atomic E-state index is 6.23. The number of ether oxygens (including phenoxy) is 1. The van der Waals surface area contributed by atoms with Crippen molar-refractivity contribution in [1.82, 2.24) is 0 Å². The maximum Gasteiger partial charge on any atom is 0.130 e. The van der Waals surface area contributed by atoms with Crippen LogP contribution in [0.3, 0.4) is 0 Å². The average molecular weight is 360 g/mol. The van der Waals surface area contributed by atoms with E-state index in [2.05, 4.69) is 78.5 Å². The summed E-state index contributed by atoms with van der Waals surface area (Å²) in [5.74, 6) is 1.06. The first-order chi connectivity index (χ1) is 12.6. The molecule has 1 atom stereocenters. The molecule has 1 nitrogen and oxygen atoms in total. The largest absolute Gasteiger partial charge is 0.488 e. The SMILES string of the molecule is CCc1ccc2c(c1C)OCc1c-2ccc(-c2ccc(CP)cc2)c1C. The van der Waals surface area contributed by atoms with Gasteiger partial charge in [0.1, 0.15) is 12.4 Å². The molecule has 26 heavy (non-hydrogen) atoms. The Hall–Kier alpha value is -2.11. The number of fused-ring (bicyclic) bond motifs is 3. The molecule has 0 N–H and O–H groups in total. The highest BCUT2D eigenvalue weighted by Crippen LogP contribution is 2.43. The van der Waals surface area contributed by atoms with Crippen molar-refractivity contribution in [2.75, 3.05) is 0 Å². The molecule has 0 amide bonds. The smallest absolute Gasteiger partial charge is 0.130 e. The van der Waals surface area contributed by atoms with E-state index in [1.165, 1.54) is 50.1 Å². The molecule has 0 aromatic heterocycles. The van der Waals surface area contributed by atoms with Crippen LogP contribution >= 0.6 is 9.24 Å². The lowest BCUT2D eigenvalue weighted by atomic mass is 9.87. The van der Waals surface area contributed by atoms with E-state index in [0.29, 0.717) is 6.61 Å². The standard InChI is InChI=1S/C24H25OP/c1-4-18-9-10-22-21-12-11-20(19-7-5-17(14-26)6-8-19)16(3)23(21)13-25-24(22)15(18)2/h5-12H,4,13-14,26H2,1-3H3. The quantitative estimate of drug-likeness (QED) is 0.487. The first-order valence-electron chi connectivity index (χ1n) is 9.31. The Morgan fingerprint density at radius 2 is 1.54 bits per heavy atom. The third-order valence-corrected chi connectivity index (χ3v) is 6.12. The van der Waals surface area contributed by atoms with Gasteiger partial charge in [-0.2, -0.15) is 0 Å². The van der Waals surface area contributed by atoms with Crippen molar-refractivity contribution in [1.29, 1.82) is 0 Å². The van der Waals surface area contributed by atoms with E-state index in [-0.39, 0.29) is 0 Å². The zero-order valence-electron chi connectivity index (χ0n) is 15.7. The molecule has 4 rings (SSSR count). The van der Waals surface area contributed by atoms with Gasteiger partial charge in [0.2, 0.25) is 0 Å². The molecule has 0 spiro atoms. The van der Waals surface area contributed by atoms with Gasteiger partial charge < -0.3 is 4.74 Å². The Morgan fingerprint density at radius 3 is 2.23 bits per heavy atom. The molecule has 132 valence electrons. The van der Waals surface area contributed by atoms with Gasteiger partial charge in [-0.1, -0.05) is 55.5 Å². The number of rotatable bonds is 3. The molecule has 3 aromatic carbocycles. The van der Waals surface area contributed by atoms with Crippen LogP contribution in [0, 0.1) is 13.8 Å². The lowest BCUT2D eigenvalue weighted by molar-refractivity contribution is 0.299. The third kappa shape index (κ3) is 2.75. The first-order valence-corrected chi connectivity index (χ1v) is 10.1. The summed E-state index contributed by atoms with van der Waals surface area (Å²) >= 11 is 0. The molecule has 2 heteroatoms. The molecule has 3 aromatic rings. The van der Waals surface area contributed by atoms with E-state index in [1.807, 2.05) is 0 Å². The van der Waals surface area contributed by atoms with E-state index in [9.17, 15) is 0 Å². The topological polar surface area (TPSA) is 9.23 Å². The zero-order chi connectivity index (χ0) is 18.3. The number of benzene rings is 3. The van der Waals surface area contributed by atoms with E-state index >= 15 is 0 Å². The van der Waals surface area contributed by atoms with Gasteiger partial charge >= 0.3 is 0 Å². The van der Waals surface area contributed by atoms with Crippen LogP contribution in [0.5, 0.6) is 5.75 Å². The Balaban J connectivity index is 1.82. The Labute approximate surface area is 158 Å². The van der Waals surface area contributed by atoms with Gasteiger partial charge in [0.25, 0.3) is 0 Å². The zero-order valence-corrected chi connectivity index (χ0v) is 16.9. The van der Waals surface area contributed by atoms with Crippen LogP contribution in [0.4, 0.5) is 0 Å². The summed E-state index contributed by atoms with van der Waals surface area (Å²) in [7, 11) is 2.78. The van der Waals surface area contributed by atoms with Gasteiger partial charge in [0.15, 0.2) is 0 Å². The second-order valence-corrected chi connectivity index (χ2v) is 7.44. The molecular weight excluding hydrogens is 335 g/mol. The average Bonchev–Trinajstić information content (AvgIpc) is 2.68. The van der Waals surface area contributed by atoms with E-state index in [1.54, 1.807) is 0 Å². The summed E-state index contributed by atoms with van der Waals surface area (Å²) in [5.41, 5.74) is 11.8. The normalized spacial score (nSPS) is 12.3. The van der Waals surface area contributed by atoms with Gasteiger partial charge in [0, 0.05) is 11.1 Å². The molecule has 0 saturated heterocycles. The van der Waals surface area contributed by atoms with Gasteiger partial charge in [-0.05, 0) is 65.4 Å². The summed E-state index contributed by atoms with van der Waals surface area (Å²) in [6.45, 7) is 7.25. The summed E-state index contributed by atoms with van der Waals surface area (Å²) in [5, 5.41) is 0. The Bertz CT molecular complexity index is 970. The molecule has 0 fully saturated rings. The minimum absolute atomic E-state index is 0.652. The van der Waals surface area contributed by atoms with Crippen molar-refractivity contribution >= 4 is 9.24 Å². The second-order valence-electron chi connectivity index (χ2n) is 7.03. The number of aryl methyl sites for hydroxylation is 1. The fourth-order valence-electron chi connectivity index (χ4n) is 3.99. The second kappa shape index (κ2) is 6.89. The van der Waals surface area contributed by atoms with Crippen molar-refractivity contribution in [2.24, 2.45) is 0 Å². The molecular formula is C24H25OP. The van der Waals surface area contributed by atoms with Crippen LogP contribution in [-0.4, -0.2) is 0 Å². The van der Waals surface area contributed by atoms with Crippen LogP contribution in [0.25, 0.3) is 22.3 Å². The molecule has 1 aliphatic heterocycles. The van der Waals surface area contributed by atoms with Crippen LogP contribution in [-0.2, 0) is 19.2 Å². The van der Waals surface area contributed by atoms with Crippen LogP contribution in [0.1, 0.15) is 34.7 Å². The minimum atomic E-state index is 0.652. The highest BCUT2D eigenvalue weighted by molar-refractivity contribution is 7.15. The monoisotopic (exact) mass is 360 g/mol. The summed E-state index contributed by atoms with van der Waals surface area (Å²) in [4.78, 5) is 0. The fourth-order valence-corrected chi connectivity index (χ4v) is 4.26. The van der Waals surface area contributed by atoms with Crippen LogP contribution in [0.2, 0.25) is 0 Å². The predicted octanol–water partition coefficient (Wildman–Crippen LogP) is 6.47. The minimum Gasteiger partial charge on any atom is -0.488 e. The van der Waals surface area contributed by atoms with Crippen LogP contribution in [0.15, 0.2) is 48.5 Å². The highest BCUT2D eigenvalue weighted by Gasteiger charge is 2.22. The van der Waals surface area contributed by atoms with Crippen LogP contribution < -0.4 is 4.74 Å². The van der Waals surface area contributed by atoms with Gasteiger partial charge in [0.05, 0.1) is 0 Å². The molecule has 0 aliphatic carbocycles. The number of hydrogen-bond acceptors (Lipinski definition) is 1. The first kappa shape index (κ1) is 17.3. The lowest BCUT2D eigenvalue weighted by Crippen LogP contribution is -2.10. The molecule has 0 radical (unpaired) electrons. The van der Waals surface area contributed by atoms with Gasteiger partial charge in [-0.3, -0.25) is 0 Å². The number of hydrogen-bond donors (Lipinski definition) is 0. The molecule has 1 heterocycles. The van der Waals surface area contributed by atoms with E-state index < -0.39 is 0 Å². The molecule has 1 unspecified atom stereocenters. The van der Waals surface area contributed by atoms with Gasteiger partial charge in [-0.25, -0.2) is 0 Å². The van der Waals surface area contributed by atoms with Crippen molar-refractivity contribution in [2.45, 2.75) is 40.0 Å². The highest BCUT2D eigenvalue weighted by atomic mass is 31.0. The summed E-state index contributed by atoms with van der Waals surface area (Å²) < 4.78 is 6.23. The van der Waals surface area contributed by atoms with E-state index in [4.69, 9.17) is 4.74 Å². The van der Waals surface area contributed by atoms with Crippen molar-refractivity contribution in [3.8, 4) is 28.0 Å². The molecule has 1 aliphatic rings. The summed E-state index contributed by atoms with van der Waals surface area (Å²) in [6, 6.07) is 17.9. The Morgan fingerprint density at radius 1 is 0.846 bits per heavy atom. The fraction of sp³-hybridized carbons (Fsp3) is 0.250. The van der Waals surface area contributed by atoms with Gasteiger partial charge in [-0.15, -0.1) is 9.24 Å². The lowest BCUT2D eigenvalue weighted by Gasteiger charge is -2.26. The maximum atomic E-state index is 6.23. The third-order valence-electron chi connectivity index (χ3n) is 5.65. The van der Waals surface area contributed by atoms with Crippen molar-refractivity contribution in [3.63, 3.8) is 0 Å². The summed E-state index contributed by atoms with van der Waals surface area (Å²) in [6.07, 6.45) is 2.03. The molecule has 0 saturated carbocycles. The van der Waals surface area contributed by atoms with Crippen molar-refractivity contribution < 1.29 is 4.74 Å². The predicted molar refractivity (Wildman–Crippen MR) is 114 cm³/mol. The Kier molecular flexibility index (Phi) is 4.59. The molecule has 0 bridgehead atoms. The van der Waals surface area contributed by atoms with E-state index in [0.717, 1.165) is 18.3 Å². The van der Waals surface area contributed by atoms with Crippen molar-refractivity contribution in [3.05, 3.63) is 76.3 Å².